The van der Waals surface area contributed by atoms with E-state index in [1.807, 2.05) is 13.8 Å². The zero-order chi connectivity index (χ0) is 20.6. The van der Waals surface area contributed by atoms with Gasteiger partial charge in [-0.25, -0.2) is 4.98 Å². The Bertz CT molecular complexity index is 562. The highest BCUT2D eigenvalue weighted by Gasteiger charge is 2.18. The van der Waals surface area contributed by atoms with Crippen molar-refractivity contribution in [3.63, 3.8) is 0 Å². The lowest BCUT2D eigenvalue weighted by atomic mass is 10.2. The third-order valence-corrected chi connectivity index (χ3v) is 4.08. The minimum absolute atomic E-state index is 0.0680. The van der Waals surface area contributed by atoms with Crippen LogP contribution in [0.2, 0.25) is 0 Å². The normalized spacial score (nSPS) is 10.8. The molecule has 0 saturated carbocycles. The van der Waals surface area contributed by atoms with Crippen LogP contribution in [0.25, 0.3) is 0 Å². The topological polar surface area (TPSA) is 93.9 Å². The van der Waals surface area contributed by atoms with Gasteiger partial charge in [0.25, 0.3) is 5.91 Å². The summed E-state index contributed by atoms with van der Waals surface area (Å²) in [6.45, 7) is 9.82. The fourth-order valence-corrected chi connectivity index (χ4v) is 2.54. The Morgan fingerprint density at radius 2 is 1.82 bits per heavy atom. The summed E-state index contributed by atoms with van der Waals surface area (Å²) < 4.78 is 16.0. The molecule has 2 amide bonds. The van der Waals surface area contributed by atoms with Gasteiger partial charge in [-0.1, -0.05) is 13.3 Å². The molecule has 0 aromatic carbocycles. The largest absolute Gasteiger partial charge is 0.446 e. The summed E-state index contributed by atoms with van der Waals surface area (Å²) in [6.07, 6.45) is 5.14. The Morgan fingerprint density at radius 1 is 1.11 bits per heavy atom. The summed E-state index contributed by atoms with van der Waals surface area (Å²) in [5.74, 6) is 0.144. The van der Waals surface area contributed by atoms with Gasteiger partial charge in [0, 0.05) is 45.9 Å². The number of hydrogen-bond acceptors (Lipinski definition) is 6. The Labute approximate surface area is 168 Å². The highest BCUT2D eigenvalue weighted by atomic mass is 16.5. The first-order valence-corrected chi connectivity index (χ1v) is 10.3. The van der Waals surface area contributed by atoms with Crippen LogP contribution in [0.4, 0.5) is 0 Å². The standard InChI is InChI=1S/C20H35N3O5/c1-4-7-10-19(24)23(12-9-14-27-6-3)15-18-22-17(16-28-18)20(25)21-11-8-13-26-5-2/h16H,4-15H2,1-3H3,(H,21,25). The zero-order valence-electron chi connectivity index (χ0n) is 17.5. The molecule has 0 saturated heterocycles. The molecule has 1 N–H and O–H groups in total. The van der Waals surface area contributed by atoms with Gasteiger partial charge in [0.1, 0.15) is 6.26 Å². The fraction of sp³-hybridized carbons (Fsp3) is 0.750. The molecule has 1 aromatic heterocycles. The quantitative estimate of drug-likeness (QED) is 0.431. The van der Waals surface area contributed by atoms with Gasteiger partial charge in [0.05, 0.1) is 6.54 Å². The molecule has 8 nitrogen and oxygen atoms in total. The van der Waals surface area contributed by atoms with Gasteiger partial charge in [0.2, 0.25) is 11.8 Å². The van der Waals surface area contributed by atoms with Crippen LogP contribution < -0.4 is 5.32 Å². The van der Waals surface area contributed by atoms with Crippen LogP contribution in [0.3, 0.4) is 0 Å². The molecule has 8 heteroatoms. The summed E-state index contributed by atoms with van der Waals surface area (Å²) in [4.78, 5) is 30.6. The van der Waals surface area contributed by atoms with Gasteiger partial charge >= 0.3 is 0 Å². The average molecular weight is 398 g/mol. The van der Waals surface area contributed by atoms with Gasteiger partial charge in [-0.2, -0.15) is 0 Å². The SMILES string of the molecule is CCCCC(=O)N(CCCOCC)Cc1nc(C(=O)NCCCOCC)co1. The van der Waals surface area contributed by atoms with Gasteiger partial charge in [-0.15, -0.1) is 0 Å². The van der Waals surface area contributed by atoms with Crippen LogP contribution in [-0.2, 0) is 20.8 Å². The molecule has 160 valence electrons. The van der Waals surface area contributed by atoms with E-state index in [1.165, 1.54) is 6.26 Å². The summed E-state index contributed by atoms with van der Waals surface area (Å²) in [6, 6.07) is 0. The molecule has 28 heavy (non-hydrogen) atoms. The Kier molecular flexibility index (Phi) is 13.0. The van der Waals surface area contributed by atoms with E-state index in [0.29, 0.717) is 51.8 Å². The number of carbonyl (C=O) groups excluding carboxylic acids is 2. The van der Waals surface area contributed by atoms with Crippen molar-refractivity contribution in [2.75, 3.05) is 39.5 Å². The van der Waals surface area contributed by atoms with Crippen LogP contribution in [-0.4, -0.2) is 61.2 Å². The Morgan fingerprint density at radius 3 is 2.50 bits per heavy atom. The molecular formula is C20H35N3O5. The molecule has 0 aliphatic rings. The Hall–Kier alpha value is -1.93. The number of aromatic nitrogens is 1. The van der Waals surface area contributed by atoms with Crippen molar-refractivity contribution < 1.29 is 23.5 Å². The smallest absolute Gasteiger partial charge is 0.273 e. The predicted molar refractivity (Wildman–Crippen MR) is 106 cm³/mol. The highest BCUT2D eigenvalue weighted by Crippen LogP contribution is 2.10. The van der Waals surface area contributed by atoms with E-state index < -0.39 is 0 Å². The maximum Gasteiger partial charge on any atom is 0.273 e. The van der Waals surface area contributed by atoms with E-state index in [1.54, 1.807) is 4.90 Å². The lowest BCUT2D eigenvalue weighted by Crippen LogP contribution is -2.32. The Balaban J connectivity index is 2.55. The summed E-state index contributed by atoms with van der Waals surface area (Å²) in [7, 11) is 0. The predicted octanol–water partition coefficient (Wildman–Crippen LogP) is 2.78. The van der Waals surface area contributed by atoms with E-state index >= 15 is 0 Å². The first kappa shape index (κ1) is 24.1. The second-order valence-corrected chi connectivity index (χ2v) is 6.40. The van der Waals surface area contributed by atoms with E-state index in [9.17, 15) is 9.59 Å². The number of hydrogen-bond donors (Lipinski definition) is 1. The number of ether oxygens (including phenoxy) is 2. The maximum atomic E-state index is 12.5. The summed E-state index contributed by atoms with van der Waals surface area (Å²) in [5, 5.41) is 2.78. The number of nitrogens with one attached hydrogen (secondary N) is 1. The zero-order valence-corrected chi connectivity index (χ0v) is 17.5. The molecule has 0 aliphatic heterocycles. The number of carbonyl (C=O) groups is 2. The summed E-state index contributed by atoms with van der Waals surface area (Å²) >= 11 is 0. The second-order valence-electron chi connectivity index (χ2n) is 6.40. The van der Waals surface area contributed by atoms with Crippen LogP contribution in [0, 0.1) is 0 Å². The molecule has 0 aliphatic carbocycles. The van der Waals surface area contributed by atoms with Crippen LogP contribution in [0.5, 0.6) is 0 Å². The molecule has 0 unspecified atom stereocenters. The lowest BCUT2D eigenvalue weighted by molar-refractivity contribution is -0.132. The minimum atomic E-state index is -0.285. The highest BCUT2D eigenvalue weighted by molar-refractivity contribution is 5.91. The van der Waals surface area contributed by atoms with E-state index in [2.05, 4.69) is 17.2 Å². The van der Waals surface area contributed by atoms with Crippen molar-refractivity contribution in [2.24, 2.45) is 0 Å². The molecule has 0 bridgehead atoms. The molecule has 1 rings (SSSR count). The fourth-order valence-electron chi connectivity index (χ4n) is 2.54. The second kappa shape index (κ2) is 15.0. The third kappa shape index (κ3) is 9.85. The number of unbranched alkanes of at least 4 members (excludes halogenated alkanes) is 1. The van der Waals surface area contributed by atoms with Gasteiger partial charge < -0.3 is 24.1 Å². The van der Waals surface area contributed by atoms with E-state index in [4.69, 9.17) is 13.9 Å². The van der Waals surface area contributed by atoms with Crippen LogP contribution in [0.1, 0.15) is 69.3 Å². The molecule has 0 atom stereocenters. The van der Waals surface area contributed by atoms with Crippen LogP contribution >= 0.6 is 0 Å². The van der Waals surface area contributed by atoms with Crippen molar-refractivity contribution in [3.8, 4) is 0 Å². The number of amides is 2. The maximum absolute atomic E-state index is 12.5. The average Bonchev–Trinajstić information content (AvgIpc) is 3.17. The molecule has 0 fully saturated rings. The van der Waals surface area contributed by atoms with E-state index in [-0.39, 0.29) is 24.1 Å². The van der Waals surface area contributed by atoms with E-state index in [0.717, 1.165) is 25.7 Å². The van der Waals surface area contributed by atoms with Gasteiger partial charge in [-0.05, 0) is 33.1 Å². The minimum Gasteiger partial charge on any atom is -0.446 e. The lowest BCUT2D eigenvalue weighted by Gasteiger charge is -2.21. The molecule has 1 aromatic rings. The number of oxazole rings is 1. The van der Waals surface area contributed by atoms with Crippen molar-refractivity contribution in [3.05, 3.63) is 17.8 Å². The summed E-state index contributed by atoms with van der Waals surface area (Å²) in [5.41, 5.74) is 0.224. The number of nitrogens with zero attached hydrogens (tertiary/aromatic N) is 2. The van der Waals surface area contributed by atoms with Crippen molar-refractivity contribution in [1.82, 2.24) is 15.2 Å². The monoisotopic (exact) mass is 397 g/mol. The van der Waals surface area contributed by atoms with Crippen molar-refractivity contribution in [1.29, 1.82) is 0 Å². The van der Waals surface area contributed by atoms with Crippen molar-refractivity contribution >= 4 is 11.8 Å². The van der Waals surface area contributed by atoms with Gasteiger partial charge in [-0.3, -0.25) is 9.59 Å². The molecule has 1 heterocycles. The molecular weight excluding hydrogens is 362 g/mol. The van der Waals surface area contributed by atoms with Crippen LogP contribution in [0.15, 0.2) is 10.7 Å². The first-order chi connectivity index (χ1) is 13.6. The van der Waals surface area contributed by atoms with Crippen molar-refractivity contribution in [2.45, 2.75) is 59.4 Å². The van der Waals surface area contributed by atoms with Gasteiger partial charge in [0.15, 0.2) is 5.69 Å². The molecule has 0 radical (unpaired) electrons. The number of rotatable bonds is 16. The third-order valence-electron chi connectivity index (χ3n) is 4.08. The molecule has 0 spiro atoms. The first-order valence-electron chi connectivity index (χ1n) is 10.3.